The van der Waals surface area contributed by atoms with E-state index in [0.717, 1.165) is 5.82 Å². The number of nitriles is 1. The summed E-state index contributed by atoms with van der Waals surface area (Å²) in [5.74, 6) is 1.51. The van der Waals surface area contributed by atoms with E-state index in [1.165, 1.54) is 12.8 Å². The van der Waals surface area contributed by atoms with Gasteiger partial charge in [0.2, 0.25) is 0 Å². The van der Waals surface area contributed by atoms with E-state index in [9.17, 15) is 0 Å². The predicted molar refractivity (Wildman–Crippen MR) is 66.1 cm³/mol. The van der Waals surface area contributed by atoms with Crippen LogP contribution in [0.2, 0.25) is 0 Å². The molecule has 1 unspecified atom stereocenters. The predicted octanol–water partition coefficient (Wildman–Crippen LogP) is 3.19. The van der Waals surface area contributed by atoms with E-state index < -0.39 is 0 Å². The average molecular weight is 217 g/mol. The molecule has 86 valence electrons. The van der Waals surface area contributed by atoms with E-state index in [-0.39, 0.29) is 0 Å². The highest BCUT2D eigenvalue weighted by Gasteiger charge is 2.13. The van der Waals surface area contributed by atoms with Crippen LogP contribution in [0.15, 0.2) is 18.3 Å². The van der Waals surface area contributed by atoms with Crippen molar-refractivity contribution in [3.8, 4) is 6.07 Å². The zero-order valence-corrected chi connectivity index (χ0v) is 10.2. The minimum atomic E-state index is 0.412. The molecule has 0 bridgehead atoms. The minimum absolute atomic E-state index is 0.412. The maximum absolute atomic E-state index is 8.66. The SMILES string of the molecule is CCC(CC)C(C)Nc1ccc(C#N)cn1. The van der Waals surface area contributed by atoms with E-state index >= 15 is 0 Å². The summed E-state index contributed by atoms with van der Waals surface area (Å²) in [6.45, 7) is 6.59. The number of nitrogens with zero attached hydrogens (tertiary/aromatic N) is 2. The summed E-state index contributed by atoms with van der Waals surface area (Å²) in [6, 6.07) is 6.12. The zero-order chi connectivity index (χ0) is 12.0. The second-order valence-electron chi connectivity index (χ2n) is 4.05. The number of nitrogens with one attached hydrogen (secondary N) is 1. The van der Waals surface area contributed by atoms with Gasteiger partial charge in [-0.3, -0.25) is 0 Å². The third-order valence-corrected chi connectivity index (χ3v) is 3.02. The largest absolute Gasteiger partial charge is 0.367 e. The van der Waals surface area contributed by atoms with Crippen LogP contribution in [0.4, 0.5) is 5.82 Å². The Hall–Kier alpha value is -1.56. The molecule has 1 aromatic heterocycles. The summed E-state index contributed by atoms with van der Waals surface area (Å²) in [7, 11) is 0. The molecular formula is C13H19N3. The molecule has 1 atom stereocenters. The molecule has 0 radical (unpaired) electrons. The van der Waals surface area contributed by atoms with Crippen LogP contribution in [0.5, 0.6) is 0 Å². The van der Waals surface area contributed by atoms with Crippen molar-refractivity contribution >= 4 is 5.82 Å². The molecule has 0 spiro atoms. The Morgan fingerprint density at radius 1 is 1.38 bits per heavy atom. The number of hydrogen-bond donors (Lipinski definition) is 1. The fourth-order valence-corrected chi connectivity index (χ4v) is 1.89. The van der Waals surface area contributed by atoms with Crippen molar-refractivity contribution < 1.29 is 0 Å². The minimum Gasteiger partial charge on any atom is -0.367 e. The first-order valence-corrected chi connectivity index (χ1v) is 5.83. The van der Waals surface area contributed by atoms with Crippen LogP contribution < -0.4 is 5.32 Å². The Kier molecular flexibility index (Phi) is 4.78. The van der Waals surface area contributed by atoms with Gasteiger partial charge in [-0.2, -0.15) is 5.26 Å². The van der Waals surface area contributed by atoms with Gasteiger partial charge in [0, 0.05) is 12.2 Å². The molecule has 1 N–H and O–H groups in total. The van der Waals surface area contributed by atoms with Gasteiger partial charge in [0.25, 0.3) is 0 Å². The number of anilines is 1. The standard InChI is InChI=1S/C13H19N3/c1-4-12(5-2)10(3)16-13-7-6-11(8-14)9-15-13/h6-7,9-10,12H,4-5H2,1-3H3,(H,15,16). The zero-order valence-electron chi connectivity index (χ0n) is 10.2. The lowest BCUT2D eigenvalue weighted by atomic mass is 9.95. The molecule has 0 saturated heterocycles. The quantitative estimate of drug-likeness (QED) is 0.824. The molecule has 3 nitrogen and oxygen atoms in total. The van der Waals surface area contributed by atoms with Crippen molar-refractivity contribution in [2.24, 2.45) is 5.92 Å². The van der Waals surface area contributed by atoms with Crippen LogP contribution in [0.25, 0.3) is 0 Å². The van der Waals surface area contributed by atoms with Crippen LogP contribution in [0.3, 0.4) is 0 Å². The fraction of sp³-hybridized carbons (Fsp3) is 0.538. The number of pyridine rings is 1. The second kappa shape index (κ2) is 6.12. The highest BCUT2D eigenvalue weighted by Crippen LogP contribution is 2.16. The van der Waals surface area contributed by atoms with E-state index in [4.69, 9.17) is 5.26 Å². The summed E-state index contributed by atoms with van der Waals surface area (Å²) >= 11 is 0. The van der Waals surface area contributed by atoms with Crippen LogP contribution in [0, 0.1) is 17.2 Å². The molecule has 0 saturated carbocycles. The van der Waals surface area contributed by atoms with Gasteiger partial charge in [-0.15, -0.1) is 0 Å². The van der Waals surface area contributed by atoms with Gasteiger partial charge < -0.3 is 5.32 Å². The third-order valence-electron chi connectivity index (χ3n) is 3.02. The molecule has 0 amide bonds. The Labute approximate surface area is 97.5 Å². The summed E-state index contributed by atoms with van der Waals surface area (Å²) < 4.78 is 0. The van der Waals surface area contributed by atoms with Crippen LogP contribution in [-0.4, -0.2) is 11.0 Å². The van der Waals surface area contributed by atoms with Gasteiger partial charge in [-0.1, -0.05) is 26.7 Å². The molecule has 0 aliphatic carbocycles. The van der Waals surface area contributed by atoms with Gasteiger partial charge in [0.1, 0.15) is 11.9 Å². The Morgan fingerprint density at radius 2 is 2.06 bits per heavy atom. The number of hydrogen-bond acceptors (Lipinski definition) is 3. The average Bonchev–Trinajstić information content (AvgIpc) is 2.31. The van der Waals surface area contributed by atoms with Gasteiger partial charge in [0.15, 0.2) is 0 Å². The molecule has 0 aliphatic rings. The van der Waals surface area contributed by atoms with Crippen LogP contribution in [0.1, 0.15) is 39.2 Å². The fourth-order valence-electron chi connectivity index (χ4n) is 1.89. The Morgan fingerprint density at radius 3 is 2.50 bits per heavy atom. The molecule has 0 aliphatic heterocycles. The van der Waals surface area contributed by atoms with Crippen molar-refractivity contribution in [1.29, 1.82) is 5.26 Å². The van der Waals surface area contributed by atoms with Crippen LogP contribution in [-0.2, 0) is 0 Å². The lowest BCUT2D eigenvalue weighted by Gasteiger charge is -2.22. The van der Waals surface area contributed by atoms with Crippen molar-refractivity contribution in [3.63, 3.8) is 0 Å². The van der Waals surface area contributed by atoms with Gasteiger partial charge >= 0.3 is 0 Å². The summed E-state index contributed by atoms with van der Waals surface area (Å²) in [6.07, 6.45) is 3.93. The third kappa shape index (κ3) is 3.23. The smallest absolute Gasteiger partial charge is 0.126 e. The molecule has 0 aromatic carbocycles. The van der Waals surface area contributed by atoms with E-state index in [0.29, 0.717) is 17.5 Å². The molecule has 16 heavy (non-hydrogen) atoms. The topological polar surface area (TPSA) is 48.7 Å². The van der Waals surface area contributed by atoms with E-state index in [2.05, 4.69) is 37.1 Å². The first kappa shape index (κ1) is 12.5. The van der Waals surface area contributed by atoms with Gasteiger partial charge in [-0.05, 0) is 25.0 Å². The first-order chi connectivity index (χ1) is 7.71. The van der Waals surface area contributed by atoms with Crippen molar-refractivity contribution in [2.75, 3.05) is 5.32 Å². The highest BCUT2D eigenvalue weighted by atomic mass is 15.0. The van der Waals surface area contributed by atoms with E-state index in [1.807, 2.05) is 6.07 Å². The maximum Gasteiger partial charge on any atom is 0.126 e. The van der Waals surface area contributed by atoms with Crippen molar-refractivity contribution in [2.45, 2.75) is 39.7 Å². The normalized spacial score (nSPS) is 12.2. The molecular weight excluding hydrogens is 198 g/mol. The van der Waals surface area contributed by atoms with Gasteiger partial charge in [-0.25, -0.2) is 4.98 Å². The van der Waals surface area contributed by atoms with Gasteiger partial charge in [0.05, 0.1) is 5.56 Å². The first-order valence-electron chi connectivity index (χ1n) is 5.83. The molecule has 1 heterocycles. The molecule has 1 rings (SSSR count). The number of rotatable bonds is 5. The molecule has 3 heteroatoms. The lowest BCUT2D eigenvalue weighted by molar-refractivity contribution is 0.437. The highest BCUT2D eigenvalue weighted by molar-refractivity contribution is 5.39. The maximum atomic E-state index is 8.66. The Balaban J connectivity index is 2.62. The summed E-state index contributed by atoms with van der Waals surface area (Å²) in [5.41, 5.74) is 0.598. The lowest BCUT2D eigenvalue weighted by Crippen LogP contribution is -2.25. The number of aromatic nitrogens is 1. The summed E-state index contributed by atoms with van der Waals surface area (Å²) in [5, 5.41) is 12.0. The van der Waals surface area contributed by atoms with Crippen molar-refractivity contribution in [1.82, 2.24) is 4.98 Å². The van der Waals surface area contributed by atoms with Crippen LogP contribution >= 0.6 is 0 Å². The van der Waals surface area contributed by atoms with E-state index in [1.54, 1.807) is 12.3 Å². The summed E-state index contributed by atoms with van der Waals surface area (Å²) in [4.78, 5) is 4.21. The Bertz CT molecular complexity index is 346. The molecule has 0 fully saturated rings. The monoisotopic (exact) mass is 217 g/mol. The second-order valence-corrected chi connectivity index (χ2v) is 4.05. The molecule has 1 aromatic rings. The van der Waals surface area contributed by atoms with Crippen molar-refractivity contribution in [3.05, 3.63) is 23.9 Å².